The fourth-order valence-electron chi connectivity index (χ4n) is 1.25. The summed E-state index contributed by atoms with van der Waals surface area (Å²) in [6, 6.07) is 4.91. The molecule has 5 nitrogen and oxygen atoms in total. The first-order valence-electron chi connectivity index (χ1n) is 4.01. The van der Waals surface area contributed by atoms with Crippen molar-refractivity contribution in [1.29, 1.82) is 0 Å². The predicted molar refractivity (Wildman–Crippen MR) is 51.7 cm³/mol. The largest absolute Gasteiger partial charge is 0.497 e. The number of ether oxygens (including phenoxy) is 1. The quantitative estimate of drug-likeness (QED) is 0.635. The fraction of sp³-hybridized carbons (Fsp3) is 0.111. The van der Waals surface area contributed by atoms with Gasteiger partial charge in [-0.3, -0.25) is 19.8 Å². The van der Waals surface area contributed by atoms with Gasteiger partial charge in [-0.2, -0.15) is 0 Å². The van der Waals surface area contributed by atoms with Gasteiger partial charge < -0.3 is 4.74 Å². The Morgan fingerprint density at radius 2 is 2.00 bits per heavy atom. The van der Waals surface area contributed by atoms with E-state index in [-0.39, 0.29) is 0 Å². The van der Waals surface area contributed by atoms with Gasteiger partial charge in [0.1, 0.15) is 5.75 Å². The van der Waals surface area contributed by atoms with Crippen LogP contribution < -0.4 is 15.7 Å². The van der Waals surface area contributed by atoms with Gasteiger partial charge in [0.25, 0.3) is 5.43 Å². The predicted octanol–water partition coefficient (Wildman–Crippen LogP) is 0.225. The summed E-state index contributed by atoms with van der Waals surface area (Å²) in [6.45, 7) is 0. The summed E-state index contributed by atoms with van der Waals surface area (Å²) in [6.07, 6.45) is 0. The second-order valence-corrected chi connectivity index (χ2v) is 2.82. The van der Waals surface area contributed by atoms with Crippen LogP contribution in [0.15, 0.2) is 27.8 Å². The molecular weight excluding hydrogens is 184 g/mol. The molecule has 1 aromatic carbocycles. The number of fused-ring (bicyclic) bond motifs is 1. The Balaban J connectivity index is 2.92. The molecule has 0 aliphatic carbocycles. The lowest BCUT2D eigenvalue weighted by Crippen LogP contribution is -2.27. The minimum Gasteiger partial charge on any atom is -0.497 e. The van der Waals surface area contributed by atoms with Crippen molar-refractivity contribution in [2.24, 2.45) is 0 Å². The summed E-state index contributed by atoms with van der Waals surface area (Å²) in [5, 5.41) is 5.19. The zero-order chi connectivity index (χ0) is 10.1. The first-order chi connectivity index (χ1) is 6.72. The molecule has 0 radical (unpaired) electrons. The topological polar surface area (TPSA) is 75.0 Å². The molecule has 2 rings (SSSR count). The molecule has 0 saturated carbocycles. The smallest absolute Gasteiger partial charge is 0.310 e. The lowest BCUT2D eigenvalue weighted by Gasteiger charge is -2.00. The second-order valence-electron chi connectivity index (χ2n) is 2.82. The third-order valence-electron chi connectivity index (χ3n) is 1.99. The molecule has 1 heterocycles. The van der Waals surface area contributed by atoms with E-state index < -0.39 is 11.0 Å². The maximum atomic E-state index is 11.4. The molecular formula is C9H8N2O3. The van der Waals surface area contributed by atoms with Crippen LogP contribution in [0.4, 0.5) is 0 Å². The van der Waals surface area contributed by atoms with Gasteiger partial charge in [0.2, 0.25) is 0 Å². The van der Waals surface area contributed by atoms with Crippen LogP contribution >= 0.6 is 0 Å². The normalized spacial score (nSPS) is 10.4. The number of methoxy groups -OCH3 is 1. The molecule has 0 saturated heterocycles. The Bertz CT molecular complexity index is 582. The minimum atomic E-state index is -0.661. The van der Waals surface area contributed by atoms with Crippen LogP contribution in [0.1, 0.15) is 0 Å². The number of benzene rings is 1. The summed E-state index contributed by atoms with van der Waals surface area (Å²) in [5.41, 5.74) is -0.640. The van der Waals surface area contributed by atoms with Crippen LogP contribution in [0, 0.1) is 0 Å². The van der Waals surface area contributed by atoms with Gasteiger partial charge in [0, 0.05) is 0 Å². The molecule has 1 aromatic heterocycles. The highest BCUT2D eigenvalue weighted by Crippen LogP contribution is 2.14. The Kier molecular flexibility index (Phi) is 1.85. The first kappa shape index (κ1) is 8.55. The van der Waals surface area contributed by atoms with Crippen LogP contribution in [0.5, 0.6) is 5.75 Å². The number of hydrogen-bond donors (Lipinski definition) is 2. The van der Waals surface area contributed by atoms with Crippen molar-refractivity contribution < 1.29 is 4.74 Å². The van der Waals surface area contributed by atoms with Crippen molar-refractivity contribution in [2.75, 3.05) is 7.11 Å². The molecule has 0 aliphatic heterocycles. The summed E-state index contributed by atoms with van der Waals surface area (Å²) >= 11 is 0. The Morgan fingerprint density at radius 3 is 2.71 bits per heavy atom. The average Bonchev–Trinajstić information content (AvgIpc) is 2.23. The molecule has 0 bridgehead atoms. The van der Waals surface area contributed by atoms with E-state index in [1.807, 2.05) is 0 Å². The van der Waals surface area contributed by atoms with Gasteiger partial charge in [-0.15, -0.1) is 0 Å². The Labute approximate surface area is 78.3 Å². The standard InChI is InChI=1S/C9H8N2O3/c1-14-5-2-3-7-6(4-5)8(12)9(13)11-10-7/h2-4H,1H3,(H,10,12)(H,11,13). The van der Waals surface area contributed by atoms with Gasteiger partial charge in [0.05, 0.1) is 18.0 Å². The monoisotopic (exact) mass is 192 g/mol. The van der Waals surface area contributed by atoms with Crippen LogP contribution in [0.2, 0.25) is 0 Å². The first-order valence-corrected chi connectivity index (χ1v) is 4.01. The van der Waals surface area contributed by atoms with Crippen molar-refractivity contribution >= 4 is 10.9 Å². The molecule has 0 unspecified atom stereocenters. The molecule has 0 fully saturated rings. The summed E-state index contributed by atoms with van der Waals surface area (Å²) in [5.74, 6) is 0.550. The summed E-state index contributed by atoms with van der Waals surface area (Å²) < 4.78 is 4.95. The van der Waals surface area contributed by atoms with Crippen molar-refractivity contribution in [3.05, 3.63) is 38.8 Å². The molecule has 72 valence electrons. The van der Waals surface area contributed by atoms with Crippen LogP contribution in [0.25, 0.3) is 10.9 Å². The zero-order valence-corrected chi connectivity index (χ0v) is 7.46. The molecule has 5 heteroatoms. The summed E-state index contributed by atoms with van der Waals surface area (Å²) in [7, 11) is 1.50. The third-order valence-corrected chi connectivity index (χ3v) is 1.99. The van der Waals surface area contributed by atoms with Gasteiger partial charge in [0.15, 0.2) is 0 Å². The highest BCUT2D eigenvalue weighted by atomic mass is 16.5. The molecule has 2 aromatic rings. The van der Waals surface area contributed by atoms with Crippen LogP contribution in [-0.4, -0.2) is 17.3 Å². The molecule has 0 amide bonds. The number of aromatic nitrogens is 2. The zero-order valence-electron chi connectivity index (χ0n) is 7.46. The lowest BCUT2D eigenvalue weighted by atomic mass is 10.2. The van der Waals surface area contributed by atoms with E-state index in [1.165, 1.54) is 13.2 Å². The van der Waals surface area contributed by atoms with Crippen molar-refractivity contribution in [1.82, 2.24) is 10.2 Å². The van der Waals surface area contributed by atoms with Crippen molar-refractivity contribution in [2.45, 2.75) is 0 Å². The maximum Gasteiger partial charge on any atom is 0.310 e. The Morgan fingerprint density at radius 1 is 1.21 bits per heavy atom. The van der Waals surface area contributed by atoms with Gasteiger partial charge >= 0.3 is 5.56 Å². The third kappa shape index (κ3) is 1.19. The SMILES string of the molecule is COc1ccc2[nH][nH]c(=O)c(=O)c2c1. The van der Waals surface area contributed by atoms with Crippen molar-refractivity contribution in [3.8, 4) is 5.75 Å². The molecule has 0 atom stereocenters. The maximum absolute atomic E-state index is 11.4. The summed E-state index contributed by atoms with van der Waals surface area (Å²) in [4.78, 5) is 22.4. The molecule has 2 N–H and O–H groups in total. The average molecular weight is 192 g/mol. The van der Waals surface area contributed by atoms with E-state index in [0.29, 0.717) is 16.7 Å². The van der Waals surface area contributed by atoms with E-state index in [2.05, 4.69) is 10.2 Å². The van der Waals surface area contributed by atoms with Crippen LogP contribution in [0.3, 0.4) is 0 Å². The van der Waals surface area contributed by atoms with E-state index in [4.69, 9.17) is 4.74 Å². The molecule has 0 spiro atoms. The van der Waals surface area contributed by atoms with Gasteiger partial charge in [-0.05, 0) is 18.2 Å². The second kappa shape index (κ2) is 3.02. The number of rotatable bonds is 1. The highest BCUT2D eigenvalue weighted by Gasteiger charge is 2.03. The number of H-pyrrole nitrogens is 2. The Hall–Kier alpha value is -2.04. The molecule has 0 aliphatic rings. The lowest BCUT2D eigenvalue weighted by molar-refractivity contribution is 0.415. The fourth-order valence-corrected chi connectivity index (χ4v) is 1.25. The number of hydrogen-bond acceptors (Lipinski definition) is 3. The van der Waals surface area contributed by atoms with E-state index in [9.17, 15) is 9.59 Å². The number of nitrogens with one attached hydrogen (secondary N) is 2. The van der Waals surface area contributed by atoms with E-state index in [1.54, 1.807) is 12.1 Å². The minimum absolute atomic E-state index is 0.327. The molecule has 14 heavy (non-hydrogen) atoms. The van der Waals surface area contributed by atoms with E-state index in [0.717, 1.165) is 0 Å². The number of aromatic amines is 2. The van der Waals surface area contributed by atoms with E-state index >= 15 is 0 Å². The van der Waals surface area contributed by atoms with Crippen LogP contribution in [-0.2, 0) is 0 Å². The van der Waals surface area contributed by atoms with Crippen molar-refractivity contribution in [3.63, 3.8) is 0 Å². The van der Waals surface area contributed by atoms with Gasteiger partial charge in [-0.1, -0.05) is 0 Å². The van der Waals surface area contributed by atoms with Gasteiger partial charge in [-0.25, -0.2) is 0 Å². The highest BCUT2D eigenvalue weighted by molar-refractivity contribution is 5.78.